The van der Waals surface area contributed by atoms with Crippen molar-refractivity contribution in [1.29, 1.82) is 5.41 Å². The van der Waals surface area contributed by atoms with E-state index in [1.165, 1.54) is 18.2 Å². The van der Waals surface area contributed by atoms with Gasteiger partial charge >= 0.3 is 0 Å². The molecule has 3 nitrogen and oxygen atoms in total. The van der Waals surface area contributed by atoms with Gasteiger partial charge in [-0.3, -0.25) is 0 Å². The van der Waals surface area contributed by atoms with Gasteiger partial charge in [0, 0.05) is 39.9 Å². The van der Waals surface area contributed by atoms with E-state index < -0.39 is 0 Å². The largest absolute Gasteiger partial charge is 0.397 e. The Bertz CT molecular complexity index is 491. The van der Waals surface area contributed by atoms with Crippen LogP contribution < -0.4 is 5.09 Å². The number of rotatable bonds is 4. The molecule has 0 spiro atoms. The van der Waals surface area contributed by atoms with E-state index in [4.69, 9.17) is 22.1 Å². The maximum absolute atomic E-state index is 7.57. The van der Waals surface area contributed by atoms with E-state index >= 15 is 0 Å². The molecule has 0 aromatic heterocycles. The van der Waals surface area contributed by atoms with Crippen LogP contribution in [-0.4, -0.2) is 17.9 Å². The van der Waals surface area contributed by atoms with Crippen molar-refractivity contribution in [2.45, 2.75) is 40.0 Å². The molecule has 1 aromatic rings. The Hall–Kier alpha value is 0.580. The maximum Gasteiger partial charge on any atom is 0.0491 e. The lowest BCUT2D eigenvalue weighted by molar-refractivity contribution is 0.318. The number of hydrogen-bond donors (Lipinski definition) is 3. The molecule has 2 rings (SSSR count). The van der Waals surface area contributed by atoms with Crippen molar-refractivity contribution < 1.29 is 5.11 Å². The molecular formula is C15H24BrClIN2OP. The van der Waals surface area contributed by atoms with Gasteiger partial charge in [0.1, 0.15) is 0 Å². The number of aliphatic hydroxyl groups is 1. The molecule has 1 aromatic carbocycles. The molecule has 0 heterocycles. The van der Waals surface area contributed by atoms with Crippen molar-refractivity contribution in [2.75, 3.05) is 11.7 Å². The SMILES string of the molecule is CC.CC1C[C@@H]1c1c(Cl)cc(NPI)c(C=N)c1Br.CCO. The summed E-state index contributed by atoms with van der Waals surface area (Å²) in [5, 5.41) is 19.2. The Labute approximate surface area is 161 Å². The average molecular weight is 522 g/mol. The third kappa shape index (κ3) is 6.23. The number of aliphatic hydroxyl groups excluding tert-OH is 1. The van der Waals surface area contributed by atoms with E-state index in [0.717, 1.165) is 20.7 Å². The molecule has 0 aliphatic heterocycles. The zero-order chi connectivity index (χ0) is 17.3. The van der Waals surface area contributed by atoms with E-state index in [2.05, 4.69) is 50.0 Å². The zero-order valence-corrected chi connectivity index (χ0v) is 18.8. The number of halogens is 3. The van der Waals surface area contributed by atoms with Crippen molar-refractivity contribution in [1.82, 2.24) is 0 Å². The molecule has 3 atom stereocenters. The summed E-state index contributed by atoms with van der Waals surface area (Å²) in [7, 11) is 0. The molecule has 0 bridgehead atoms. The van der Waals surface area contributed by atoms with Gasteiger partial charge in [-0.2, -0.15) is 0 Å². The first-order valence-corrected chi connectivity index (χ1v) is 12.5. The smallest absolute Gasteiger partial charge is 0.0491 e. The summed E-state index contributed by atoms with van der Waals surface area (Å²) in [6.45, 7) is 8.16. The number of hydrogen-bond acceptors (Lipinski definition) is 3. The normalized spacial score (nSPS) is 18.9. The van der Waals surface area contributed by atoms with Crippen LogP contribution in [0, 0.1) is 11.3 Å². The Morgan fingerprint density at radius 3 is 2.45 bits per heavy atom. The topological polar surface area (TPSA) is 56.1 Å². The fourth-order valence-corrected chi connectivity index (χ4v) is 4.48. The summed E-state index contributed by atoms with van der Waals surface area (Å²) >= 11 is 12.2. The lowest BCUT2D eigenvalue weighted by Gasteiger charge is -2.14. The van der Waals surface area contributed by atoms with E-state index in [9.17, 15) is 0 Å². The van der Waals surface area contributed by atoms with Gasteiger partial charge < -0.3 is 15.6 Å². The van der Waals surface area contributed by atoms with Crippen LogP contribution in [0.15, 0.2) is 10.5 Å². The van der Waals surface area contributed by atoms with E-state index in [-0.39, 0.29) is 6.61 Å². The Kier molecular flexibility index (Phi) is 12.3. The van der Waals surface area contributed by atoms with E-state index in [1.807, 2.05) is 19.9 Å². The minimum atomic E-state index is 0.250. The molecule has 3 N–H and O–H groups in total. The molecule has 1 fully saturated rings. The van der Waals surface area contributed by atoms with Crippen LogP contribution in [0.4, 0.5) is 5.69 Å². The fourth-order valence-electron chi connectivity index (χ4n) is 2.01. The second-order valence-electron chi connectivity index (χ2n) is 4.55. The minimum absolute atomic E-state index is 0.250. The summed E-state index contributed by atoms with van der Waals surface area (Å²) in [6.07, 6.45) is 3.14. The molecule has 22 heavy (non-hydrogen) atoms. The maximum atomic E-state index is 7.57. The molecule has 126 valence electrons. The van der Waals surface area contributed by atoms with Gasteiger partial charge in [-0.1, -0.05) is 32.4 Å². The molecule has 7 heteroatoms. The highest BCUT2D eigenvalue weighted by atomic mass is 127. The molecule has 1 aliphatic rings. The second-order valence-corrected chi connectivity index (χ2v) is 7.80. The average Bonchev–Trinajstić information content (AvgIpc) is 3.19. The van der Waals surface area contributed by atoms with Gasteiger partial charge in [0.15, 0.2) is 0 Å². The number of benzene rings is 1. The molecular weight excluding hydrogens is 497 g/mol. The van der Waals surface area contributed by atoms with Crippen LogP contribution in [0.3, 0.4) is 0 Å². The molecule has 1 saturated carbocycles. The van der Waals surface area contributed by atoms with Gasteiger partial charge in [-0.05, 0) is 74.8 Å². The Morgan fingerprint density at radius 1 is 1.59 bits per heavy atom. The number of anilines is 1. The quantitative estimate of drug-likeness (QED) is 0.237. The van der Waals surface area contributed by atoms with Crippen molar-refractivity contribution in [3.8, 4) is 0 Å². The van der Waals surface area contributed by atoms with Crippen LogP contribution >= 0.6 is 55.9 Å². The number of nitrogens with one attached hydrogen (secondary N) is 2. The van der Waals surface area contributed by atoms with Crippen molar-refractivity contribution in [3.05, 3.63) is 26.7 Å². The second kappa shape index (κ2) is 12.0. The summed E-state index contributed by atoms with van der Waals surface area (Å²) in [6, 6.07) is 1.94. The highest BCUT2D eigenvalue weighted by Gasteiger charge is 2.37. The van der Waals surface area contributed by atoms with Crippen LogP contribution in [-0.2, 0) is 0 Å². The first kappa shape index (κ1) is 22.6. The van der Waals surface area contributed by atoms with Gasteiger partial charge in [-0.25, -0.2) is 0 Å². The van der Waals surface area contributed by atoms with Gasteiger partial charge in [0.2, 0.25) is 0 Å². The summed E-state index contributed by atoms with van der Waals surface area (Å²) in [5.41, 5.74) is 2.99. The molecule has 0 radical (unpaired) electrons. The third-order valence-electron chi connectivity index (χ3n) is 3.10. The predicted molar refractivity (Wildman–Crippen MR) is 114 cm³/mol. The molecule has 0 amide bonds. The molecule has 1 aliphatic carbocycles. The standard InChI is InChI=1S/C11H12BrClIN2P.C2H6O.C2H6/c1-5-2-6(5)10-8(13)3-9(16-17-14)7(4-15)11(10)12;1-2-3;1-2/h3-6,15-17H,2H2,1H3;3H,2H2,1H3;1-2H3/t5?,6-;;/m0../s1. The zero-order valence-electron chi connectivity index (χ0n) is 13.3. The monoisotopic (exact) mass is 520 g/mol. The van der Waals surface area contributed by atoms with Crippen LogP contribution in [0.1, 0.15) is 51.2 Å². The predicted octanol–water partition coefficient (Wildman–Crippen LogP) is 6.60. The van der Waals surface area contributed by atoms with E-state index in [1.54, 1.807) is 6.92 Å². The first-order chi connectivity index (χ1) is 10.5. The van der Waals surface area contributed by atoms with Crippen LogP contribution in [0.5, 0.6) is 0 Å². The first-order valence-electron chi connectivity index (χ1n) is 7.26. The fraction of sp³-hybridized carbons (Fsp3) is 0.533. The summed E-state index contributed by atoms with van der Waals surface area (Å²) in [4.78, 5) is 0. The van der Waals surface area contributed by atoms with Crippen LogP contribution in [0.25, 0.3) is 0 Å². The van der Waals surface area contributed by atoms with E-state index in [0.29, 0.717) is 18.2 Å². The summed E-state index contributed by atoms with van der Waals surface area (Å²) in [5.74, 6) is 1.25. The third-order valence-corrected chi connectivity index (χ3v) is 5.44. The van der Waals surface area contributed by atoms with Crippen molar-refractivity contribution in [2.24, 2.45) is 5.92 Å². The summed E-state index contributed by atoms with van der Waals surface area (Å²) < 4.78 is 0.978. The highest BCUT2D eigenvalue weighted by molar-refractivity contribution is 14.2. The minimum Gasteiger partial charge on any atom is -0.397 e. The van der Waals surface area contributed by atoms with Crippen LogP contribution in [0.2, 0.25) is 5.02 Å². The van der Waals surface area contributed by atoms with Crippen molar-refractivity contribution in [3.63, 3.8) is 0 Å². The molecule has 2 unspecified atom stereocenters. The highest BCUT2D eigenvalue weighted by Crippen LogP contribution is 2.53. The lowest BCUT2D eigenvalue weighted by atomic mass is 10.0. The van der Waals surface area contributed by atoms with Crippen molar-refractivity contribution >= 4 is 67.8 Å². The van der Waals surface area contributed by atoms with Gasteiger partial charge in [-0.15, -0.1) is 0 Å². The Morgan fingerprint density at radius 2 is 2.09 bits per heavy atom. The molecule has 0 saturated heterocycles. The Balaban J connectivity index is 0.000000789. The lowest BCUT2D eigenvalue weighted by Crippen LogP contribution is -1.97. The van der Waals surface area contributed by atoms with Gasteiger partial charge in [0.05, 0.1) is 0 Å². The van der Waals surface area contributed by atoms with Gasteiger partial charge in [0.25, 0.3) is 0 Å².